The first-order valence-electron chi connectivity index (χ1n) is 9.66. The molecule has 0 radical (unpaired) electrons. The highest BCUT2D eigenvalue weighted by atomic mass is 32.2. The molecule has 0 bridgehead atoms. The van der Waals surface area contributed by atoms with Crippen molar-refractivity contribution in [3.63, 3.8) is 0 Å². The van der Waals surface area contributed by atoms with Crippen molar-refractivity contribution < 1.29 is 19.5 Å². The molecule has 0 aliphatic carbocycles. The van der Waals surface area contributed by atoms with E-state index in [1.165, 1.54) is 46.2 Å². The monoisotopic (exact) mass is 515 g/mol. The fourth-order valence-electron chi connectivity index (χ4n) is 3.39. The molecule has 4 rings (SSSR count). The van der Waals surface area contributed by atoms with Crippen molar-refractivity contribution in [2.45, 2.75) is 29.1 Å². The average Bonchev–Trinajstić information content (AvgIpc) is 3.39. The van der Waals surface area contributed by atoms with Crippen molar-refractivity contribution >= 4 is 74.2 Å². The standard InChI is InChI=1S/C17H21N7O4S4/c1-2-19-15-22-23-16(32-15)31-7-17(13(27)28)5-24-11(26)10(12(24)30-6-17)21-9(25)3-8-4-29-14(18)20-8/h4,10,12H,2-3,5-7H2,1H3,(H2,18,20)(H,19,22)(H,21,25)(H,27,28)/t10?,12-,17?/m1/s1. The van der Waals surface area contributed by atoms with E-state index < -0.39 is 17.4 Å². The zero-order valence-electron chi connectivity index (χ0n) is 16.9. The second kappa shape index (κ2) is 9.41. The van der Waals surface area contributed by atoms with Crippen LogP contribution in [0.4, 0.5) is 10.3 Å². The Kier molecular flexibility index (Phi) is 6.78. The van der Waals surface area contributed by atoms with Crippen molar-refractivity contribution in [2.75, 3.05) is 35.6 Å². The first-order chi connectivity index (χ1) is 15.3. The third-order valence-electron chi connectivity index (χ3n) is 5.03. The van der Waals surface area contributed by atoms with Crippen LogP contribution in [0.1, 0.15) is 12.6 Å². The normalized spacial score (nSPS) is 24.5. The van der Waals surface area contributed by atoms with Gasteiger partial charge in [-0.2, -0.15) is 0 Å². The van der Waals surface area contributed by atoms with Crippen LogP contribution in [0.15, 0.2) is 9.72 Å². The van der Waals surface area contributed by atoms with Crippen LogP contribution < -0.4 is 16.4 Å². The van der Waals surface area contributed by atoms with Crippen LogP contribution in [0.5, 0.6) is 0 Å². The number of aliphatic carboxylic acids is 1. The molecule has 4 heterocycles. The van der Waals surface area contributed by atoms with Crippen LogP contribution in [-0.2, 0) is 20.8 Å². The summed E-state index contributed by atoms with van der Waals surface area (Å²) in [5, 5.41) is 26.4. The molecule has 2 amide bonds. The Morgan fingerprint density at radius 1 is 1.44 bits per heavy atom. The largest absolute Gasteiger partial charge is 0.481 e. The first-order valence-corrected chi connectivity index (χ1v) is 13.4. The Morgan fingerprint density at radius 2 is 2.25 bits per heavy atom. The Morgan fingerprint density at radius 3 is 2.94 bits per heavy atom. The van der Waals surface area contributed by atoms with Gasteiger partial charge in [-0.15, -0.1) is 33.3 Å². The summed E-state index contributed by atoms with van der Waals surface area (Å²) in [7, 11) is 0. The Hall–Kier alpha value is -2.10. The van der Waals surface area contributed by atoms with Gasteiger partial charge in [0.25, 0.3) is 0 Å². The van der Waals surface area contributed by atoms with E-state index in [0.29, 0.717) is 26.0 Å². The molecule has 2 fully saturated rings. The van der Waals surface area contributed by atoms with E-state index in [1.807, 2.05) is 6.92 Å². The molecule has 2 saturated heterocycles. The van der Waals surface area contributed by atoms with Crippen molar-refractivity contribution in [1.29, 1.82) is 0 Å². The molecule has 32 heavy (non-hydrogen) atoms. The summed E-state index contributed by atoms with van der Waals surface area (Å²) in [5.74, 6) is -0.928. The lowest BCUT2D eigenvalue weighted by Gasteiger charge is -2.53. The van der Waals surface area contributed by atoms with Gasteiger partial charge in [0.1, 0.15) is 16.8 Å². The number of rotatable bonds is 9. The number of β-lactam (4-membered cyclic amide) rings is 1. The number of amides is 2. The van der Waals surface area contributed by atoms with Gasteiger partial charge in [0.15, 0.2) is 9.47 Å². The molecule has 3 atom stereocenters. The van der Waals surface area contributed by atoms with Crippen molar-refractivity contribution in [3.05, 3.63) is 11.1 Å². The van der Waals surface area contributed by atoms with Crippen LogP contribution in [0.3, 0.4) is 0 Å². The fraction of sp³-hybridized carbons (Fsp3) is 0.529. The number of thioether (sulfide) groups is 2. The maximum atomic E-state index is 12.7. The number of thiazole rings is 1. The van der Waals surface area contributed by atoms with Gasteiger partial charge >= 0.3 is 5.97 Å². The van der Waals surface area contributed by atoms with Crippen LogP contribution >= 0.6 is 46.2 Å². The molecular formula is C17H21N7O4S4. The highest BCUT2D eigenvalue weighted by molar-refractivity contribution is 8.01. The number of carboxylic acids is 1. The number of hydrogen-bond acceptors (Lipinski definition) is 12. The van der Waals surface area contributed by atoms with Gasteiger partial charge in [-0.05, 0) is 6.92 Å². The molecule has 11 nitrogen and oxygen atoms in total. The smallest absolute Gasteiger partial charge is 0.313 e. The highest BCUT2D eigenvalue weighted by Crippen LogP contribution is 2.44. The number of hydrogen-bond donors (Lipinski definition) is 4. The molecule has 2 aliphatic rings. The second-order valence-electron chi connectivity index (χ2n) is 7.34. The highest BCUT2D eigenvalue weighted by Gasteiger charge is 2.57. The number of fused-ring (bicyclic) bond motifs is 1. The molecule has 0 aromatic carbocycles. The summed E-state index contributed by atoms with van der Waals surface area (Å²) in [6, 6.07) is -0.659. The van der Waals surface area contributed by atoms with E-state index in [1.54, 1.807) is 10.3 Å². The molecular weight excluding hydrogens is 495 g/mol. The molecule has 15 heteroatoms. The predicted molar refractivity (Wildman–Crippen MR) is 125 cm³/mol. The van der Waals surface area contributed by atoms with E-state index in [0.717, 1.165) is 6.54 Å². The molecule has 172 valence electrons. The Bertz CT molecular complexity index is 1030. The number of carboxylic acid groups (broad SMARTS) is 1. The number of nitrogens with one attached hydrogen (secondary N) is 2. The average molecular weight is 516 g/mol. The zero-order chi connectivity index (χ0) is 22.9. The number of nitrogen functional groups attached to an aromatic ring is 1. The summed E-state index contributed by atoms with van der Waals surface area (Å²) in [4.78, 5) is 42.7. The molecule has 5 N–H and O–H groups in total. The maximum absolute atomic E-state index is 12.7. The lowest BCUT2D eigenvalue weighted by Crippen LogP contribution is -2.74. The third kappa shape index (κ3) is 4.65. The number of aromatic nitrogens is 3. The number of carbonyl (C=O) groups is 3. The summed E-state index contributed by atoms with van der Waals surface area (Å²) in [5.41, 5.74) is 5.04. The quantitative estimate of drug-likeness (QED) is 0.276. The van der Waals surface area contributed by atoms with E-state index in [-0.39, 0.29) is 35.9 Å². The van der Waals surface area contributed by atoms with E-state index in [4.69, 9.17) is 5.73 Å². The number of nitrogens with two attached hydrogens (primary N) is 1. The van der Waals surface area contributed by atoms with Gasteiger partial charge in [-0.1, -0.05) is 23.1 Å². The molecule has 0 spiro atoms. The van der Waals surface area contributed by atoms with Gasteiger partial charge in [-0.25, -0.2) is 4.98 Å². The molecule has 2 unspecified atom stereocenters. The summed E-state index contributed by atoms with van der Waals surface area (Å²) < 4.78 is 0.677. The van der Waals surface area contributed by atoms with Gasteiger partial charge in [0, 0.05) is 30.0 Å². The molecule has 0 saturated carbocycles. The van der Waals surface area contributed by atoms with Gasteiger partial charge in [0.2, 0.25) is 16.9 Å². The van der Waals surface area contributed by atoms with Gasteiger partial charge < -0.3 is 26.4 Å². The molecule has 2 aromatic heterocycles. The van der Waals surface area contributed by atoms with Gasteiger partial charge in [0.05, 0.1) is 12.1 Å². The topological polar surface area (TPSA) is 163 Å². The van der Waals surface area contributed by atoms with Crippen LogP contribution in [0.2, 0.25) is 0 Å². The SMILES string of the molecule is CCNc1nnc(SCC2(C(=O)O)CS[C@@H]3C(NC(=O)Cc4csc(N)n4)C(=O)N3C2)s1. The predicted octanol–water partition coefficient (Wildman–Crippen LogP) is 0.814. The summed E-state index contributed by atoms with van der Waals surface area (Å²) >= 11 is 5.33. The number of nitrogens with zero attached hydrogens (tertiary/aromatic N) is 4. The van der Waals surface area contributed by atoms with E-state index >= 15 is 0 Å². The van der Waals surface area contributed by atoms with Crippen molar-refractivity contribution in [2.24, 2.45) is 5.41 Å². The van der Waals surface area contributed by atoms with E-state index in [2.05, 4.69) is 25.8 Å². The second-order valence-corrected chi connectivity index (χ2v) is 11.5. The van der Waals surface area contributed by atoms with Crippen LogP contribution in [0.25, 0.3) is 0 Å². The van der Waals surface area contributed by atoms with Crippen LogP contribution in [0, 0.1) is 5.41 Å². The summed E-state index contributed by atoms with van der Waals surface area (Å²) in [6.07, 6.45) is 0.0430. The summed E-state index contributed by atoms with van der Waals surface area (Å²) in [6.45, 7) is 2.78. The number of anilines is 2. The van der Waals surface area contributed by atoms with E-state index in [9.17, 15) is 19.5 Å². The Labute approximate surface area is 199 Å². The first kappa shape index (κ1) is 23.1. The number of carbonyl (C=O) groups excluding carboxylic acids is 2. The fourth-order valence-corrected chi connectivity index (χ4v) is 7.63. The maximum Gasteiger partial charge on any atom is 0.313 e. The minimum absolute atomic E-state index is 0.0430. The lowest BCUT2D eigenvalue weighted by atomic mass is 9.89. The minimum atomic E-state index is -1.10. The van der Waals surface area contributed by atoms with Crippen molar-refractivity contribution in [1.82, 2.24) is 25.4 Å². The van der Waals surface area contributed by atoms with Crippen LogP contribution in [-0.4, -0.2) is 79.0 Å². The van der Waals surface area contributed by atoms with Gasteiger partial charge in [-0.3, -0.25) is 14.4 Å². The lowest BCUT2D eigenvalue weighted by molar-refractivity contribution is -0.157. The van der Waals surface area contributed by atoms with Crippen molar-refractivity contribution in [3.8, 4) is 0 Å². The minimum Gasteiger partial charge on any atom is -0.481 e. The molecule has 2 aliphatic heterocycles. The third-order valence-corrected chi connectivity index (χ3v) is 9.65. The zero-order valence-corrected chi connectivity index (χ0v) is 20.2. The molecule has 2 aromatic rings. The Balaban J connectivity index is 1.35.